The first-order chi connectivity index (χ1) is 11.7. The molecule has 0 saturated carbocycles. The van der Waals surface area contributed by atoms with Gasteiger partial charge in [-0.25, -0.2) is 9.59 Å². The molecule has 5 nitrogen and oxygen atoms in total. The van der Waals surface area contributed by atoms with E-state index in [4.69, 9.17) is 4.74 Å². The van der Waals surface area contributed by atoms with Gasteiger partial charge in [-0.3, -0.25) is 4.90 Å². The van der Waals surface area contributed by atoms with E-state index in [-0.39, 0.29) is 5.70 Å². The Kier molecular flexibility index (Phi) is 8.16. The number of nitrogens with zero attached hydrogens (tertiary/aromatic N) is 1. The Balaban J connectivity index is 2.67. The predicted molar refractivity (Wildman–Crippen MR) is 101 cm³/mol. The van der Waals surface area contributed by atoms with E-state index >= 15 is 0 Å². The number of hydrogen-bond acceptors (Lipinski definition) is 4. The molecule has 0 bridgehead atoms. The number of halogens is 1. The summed E-state index contributed by atoms with van der Waals surface area (Å²) in [5.74, 6) is -0.642. The molecule has 0 fully saturated rings. The number of benzene rings is 1. The lowest BCUT2D eigenvalue weighted by Crippen LogP contribution is -2.39. The number of esters is 1. The number of ether oxygens (including phenoxy) is 2. The number of rotatable bonds is 7. The molecule has 138 valence electrons. The Morgan fingerprint density at radius 1 is 1.20 bits per heavy atom. The molecule has 0 heterocycles. The third-order valence-corrected chi connectivity index (χ3v) is 4.17. The molecule has 0 saturated heterocycles. The van der Waals surface area contributed by atoms with Crippen molar-refractivity contribution in [2.24, 2.45) is 0 Å². The molecular formula is C19H26BrNO4. The van der Waals surface area contributed by atoms with Gasteiger partial charge >= 0.3 is 12.1 Å². The average Bonchev–Trinajstić information content (AvgIpc) is 2.53. The van der Waals surface area contributed by atoms with Crippen LogP contribution in [0.1, 0.15) is 39.2 Å². The molecule has 0 spiro atoms. The van der Waals surface area contributed by atoms with E-state index in [2.05, 4.69) is 33.3 Å². The molecule has 0 aromatic heterocycles. The minimum atomic E-state index is -0.652. The first kappa shape index (κ1) is 21.2. The minimum Gasteiger partial charge on any atom is -0.464 e. The van der Waals surface area contributed by atoms with Gasteiger partial charge in [0, 0.05) is 11.0 Å². The van der Waals surface area contributed by atoms with Crippen LogP contribution in [0.3, 0.4) is 0 Å². The summed E-state index contributed by atoms with van der Waals surface area (Å²) < 4.78 is 11.1. The van der Waals surface area contributed by atoms with Gasteiger partial charge in [-0.05, 0) is 51.7 Å². The summed E-state index contributed by atoms with van der Waals surface area (Å²) in [5.41, 5.74) is 0.538. The van der Waals surface area contributed by atoms with Crippen molar-refractivity contribution < 1.29 is 19.1 Å². The first-order valence-electron chi connectivity index (χ1n) is 8.17. The highest BCUT2D eigenvalue weighted by molar-refractivity contribution is 9.10. The summed E-state index contributed by atoms with van der Waals surface area (Å²) in [6, 6.07) is 8.02. The Hall–Kier alpha value is -1.82. The number of aryl methyl sites for hydroxylation is 1. The highest BCUT2D eigenvalue weighted by atomic mass is 79.9. The average molecular weight is 412 g/mol. The van der Waals surface area contributed by atoms with Gasteiger partial charge in [0.2, 0.25) is 0 Å². The van der Waals surface area contributed by atoms with E-state index < -0.39 is 17.7 Å². The number of carbonyl (C=O) groups excluding carboxylic acids is 2. The number of hydrogen-bond donors (Lipinski definition) is 0. The van der Waals surface area contributed by atoms with E-state index in [0.29, 0.717) is 13.0 Å². The third kappa shape index (κ3) is 7.30. The number of methoxy groups -OCH3 is 1. The van der Waals surface area contributed by atoms with Gasteiger partial charge in [0.15, 0.2) is 0 Å². The topological polar surface area (TPSA) is 55.8 Å². The molecule has 1 aromatic carbocycles. The molecule has 0 radical (unpaired) electrons. The normalized spacial score (nSPS) is 10.9. The Morgan fingerprint density at radius 3 is 2.40 bits per heavy atom. The molecule has 1 aromatic rings. The van der Waals surface area contributed by atoms with Crippen molar-refractivity contribution in [1.29, 1.82) is 0 Å². The van der Waals surface area contributed by atoms with E-state index in [1.807, 2.05) is 18.2 Å². The second-order valence-corrected chi connectivity index (χ2v) is 7.47. The van der Waals surface area contributed by atoms with Crippen LogP contribution in [-0.2, 0) is 20.7 Å². The fourth-order valence-corrected chi connectivity index (χ4v) is 2.65. The van der Waals surface area contributed by atoms with Gasteiger partial charge in [0.25, 0.3) is 0 Å². The maximum Gasteiger partial charge on any atom is 0.415 e. The van der Waals surface area contributed by atoms with Gasteiger partial charge in [0.05, 0.1) is 7.11 Å². The summed E-state index contributed by atoms with van der Waals surface area (Å²) >= 11 is 3.53. The van der Waals surface area contributed by atoms with Crippen LogP contribution in [0.4, 0.5) is 4.79 Å². The van der Waals surface area contributed by atoms with Crippen molar-refractivity contribution >= 4 is 28.0 Å². The monoisotopic (exact) mass is 411 g/mol. The smallest absolute Gasteiger partial charge is 0.415 e. The van der Waals surface area contributed by atoms with E-state index in [9.17, 15) is 9.59 Å². The highest BCUT2D eigenvalue weighted by Gasteiger charge is 2.27. The number of amides is 1. The Bertz CT molecular complexity index is 622. The van der Waals surface area contributed by atoms with Crippen LogP contribution in [-0.4, -0.2) is 36.2 Å². The maximum atomic E-state index is 12.4. The van der Waals surface area contributed by atoms with Crippen LogP contribution < -0.4 is 0 Å². The van der Waals surface area contributed by atoms with Crippen molar-refractivity contribution in [1.82, 2.24) is 4.90 Å². The van der Waals surface area contributed by atoms with Crippen LogP contribution >= 0.6 is 15.9 Å². The van der Waals surface area contributed by atoms with Crippen molar-refractivity contribution in [3.63, 3.8) is 0 Å². The van der Waals surface area contributed by atoms with Crippen molar-refractivity contribution in [2.45, 2.75) is 45.6 Å². The third-order valence-electron chi connectivity index (χ3n) is 3.40. The zero-order chi connectivity index (χ0) is 19.0. The maximum absolute atomic E-state index is 12.4. The summed E-state index contributed by atoms with van der Waals surface area (Å²) in [6.07, 6.45) is 1.84. The van der Waals surface area contributed by atoms with Gasteiger partial charge in [0.1, 0.15) is 11.3 Å². The predicted octanol–water partition coefficient (Wildman–Crippen LogP) is 4.70. The molecule has 0 unspecified atom stereocenters. The minimum absolute atomic E-state index is 0.0161. The highest BCUT2D eigenvalue weighted by Crippen LogP contribution is 2.19. The molecule has 0 aliphatic carbocycles. The van der Waals surface area contributed by atoms with Gasteiger partial charge < -0.3 is 9.47 Å². The van der Waals surface area contributed by atoms with Crippen molar-refractivity contribution in [3.8, 4) is 0 Å². The summed E-state index contributed by atoms with van der Waals surface area (Å²) in [4.78, 5) is 25.4. The fraction of sp³-hybridized carbons (Fsp3) is 0.474. The zero-order valence-electron chi connectivity index (χ0n) is 15.3. The summed E-state index contributed by atoms with van der Waals surface area (Å²) in [5, 5.41) is 0. The first-order valence-corrected chi connectivity index (χ1v) is 8.96. The van der Waals surface area contributed by atoms with E-state index in [1.54, 1.807) is 20.8 Å². The Morgan fingerprint density at radius 2 is 1.84 bits per heavy atom. The molecule has 6 heteroatoms. The molecule has 25 heavy (non-hydrogen) atoms. The summed E-state index contributed by atoms with van der Waals surface area (Å²) in [7, 11) is 1.26. The molecule has 0 N–H and O–H groups in total. The quantitative estimate of drug-likeness (QED) is 0.370. The summed E-state index contributed by atoms with van der Waals surface area (Å²) in [6.45, 7) is 9.34. The van der Waals surface area contributed by atoms with Crippen LogP contribution in [0, 0.1) is 0 Å². The fourth-order valence-electron chi connectivity index (χ4n) is 2.17. The molecular weight excluding hydrogens is 386 g/mol. The molecule has 0 aliphatic rings. The van der Waals surface area contributed by atoms with Crippen LogP contribution in [0.2, 0.25) is 0 Å². The standard InChI is InChI=1S/C19H26BrNO4/c1-14(17(22)24-5)21(18(23)25-19(2,3)4)13-9-8-11-15-10-6-7-12-16(15)20/h6-7,10,12H,1,8-9,11,13H2,2-5H3. The van der Waals surface area contributed by atoms with E-state index in [0.717, 1.165) is 17.3 Å². The lowest BCUT2D eigenvalue weighted by atomic mass is 10.1. The van der Waals surface area contributed by atoms with Crippen LogP contribution in [0.5, 0.6) is 0 Å². The SMILES string of the molecule is C=C(C(=O)OC)N(CCCCc1ccccc1Br)C(=O)OC(C)(C)C. The molecule has 0 atom stereocenters. The van der Waals surface area contributed by atoms with Gasteiger partial charge in [-0.1, -0.05) is 40.7 Å². The zero-order valence-corrected chi connectivity index (χ0v) is 16.9. The van der Waals surface area contributed by atoms with Crippen molar-refractivity contribution in [2.75, 3.05) is 13.7 Å². The number of carbonyl (C=O) groups is 2. The van der Waals surface area contributed by atoms with Crippen LogP contribution in [0.15, 0.2) is 41.0 Å². The lowest BCUT2D eigenvalue weighted by molar-refractivity contribution is -0.137. The lowest BCUT2D eigenvalue weighted by Gasteiger charge is -2.27. The molecule has 1 rings (SSSR count). The van der Waals surface area contributed by atoms with Crippen molar-refractivity contribution in [3.05, 3.63) is 46.6 Å². The van der Waals surface area contributed by atoms with Gasteiger partial charge in [-0.2, -0.15) is 0 Å². The second kappa shape index (κ2) is 9.61. The van der Waals surface area contributed by atoms with Gasteiger partial charge in [-0.15, -0.1) is 0 Å². The molecule has 1 amide bonds. The van der Waals surface area contributed by atoms with Crippen LogP contribution in [0.25, 0.3) is 0 Å². The molecule has 0 aliphatic heterocycles. The largest absolute Gasteiger partial charge is 0.464 e. The van der Waals surface area contributed by atoms with E-state index in [1.165, 1.54) is 17.6 Å². The Labute approximate surface area is 158 Å². The number of unbranched alkanes of at least 4 members (excludes halogenated alkanes) is 1. The second-order valence-electron chi connectivity index (χ2n) is 6.62.